The fourth-order valence-electron chi connectivity index (χ4n) is 0.911. The van der Waals surface area contributed by atoms with Crippen LogP contribution < -0.4 is 5.73 Å². The second-order valence-corrected chi connectivity index (χ2v) is 4.37. The molecule has 82 valence electrons. The minimum atomic E-state index is -0.657. The minimum absolute atomic E-state index is 0.194. The second-order valence-electron chi connectivity index (χ2n) is 4.37. The van der Waals surface area contributed by atoms with Crippen LogP contribution >= 0.6 is 0 Å². The predicted octanol–water partition coefficient (Wildman–Crippen LogP) is 3.00. The number of halogens is 2. The Balaban J connectivity index is 3.08. The van der Waals surface area contributed by atoms with E-state index in [2.05, 4.69) is 4.99 Å². The molecule has 0 aliphatic rings. The van der Waals surface area contributed by atoms with Gasteiger partial charge in [0.2, 0.25) is 0 Å². The van der Waals surface area contributed by atoms with Gasteiger partial charge in [-0.1, -0.05) is 20.8 Å². The van der Waals surface area contributed by atoms with Crippen LogP contribution in [0.15, 0.2) is 23.2 Å². The lowest BCUT2D eigenvalue weighted by molar-refractivity contribution is 0.579. The molecule has 1 aromatic carbocycles. The smallest absolute Gasteiger partial charge is 0.128 e. The first-order chi connectivity index (χ1) is 6.79. The maximum Gasteiger partial charge on any atom is 0.128 e. The summed E-state index contributed by atoms with van der Waals surface area (Å²) in [5.74, 6) is -0.974. The molecule has 0 fully saturated rings. The van der Waals surface area contributed by atoms with Gasteiger partial charge >= 0.3 is 0 Å². The van der Waals surface area contributed by atoms with Crippen LogP contribution in [-0.2, 0) is 0 Å². The normalized spacial score (nSPS) is 13.0. The Hall–Kier alpha value is -1.45. The summed E-state index contributed by atoms with van der Waals surface area (Å²) in [4.78, 5) is 3.97. The fraction of sp³-hybridized carbons (Fsp3) is 0.364. The van der Waals surface area contributed by atoms with Gasteiger partial charge in [-0.05, 0) is 12.1 Å². The Labute approximate surface area is 87.8 Å². The summed E-state index contributed by atoms with van der Waals surface area (Å²) in [5, 5.41) is 0. The van der Waals surface area contributed by atoms with Gasteiger partial charge in [0.25, 0.3) is 0 Å². The SMILES string of the molecule is CC(C)(C)C(N)=Nc1cc(F)cc(F)c1. The average molecular weight is 212 g/mol. The van der Waals surface area contributed by atoms with E-state index in [9.17, 15) is 8.78 Å². The molecule has 1 aromatic rings. The predicted molar refractivity (Wildman–Crippen MR) is 57.1 cm³/mol. The van der Waals surface area contributed by atoms with Crippen LogP contribution in [-0.4, -0.2) is 5.84 Å². The van der Waals surface area contributed by atoms with E-state index in [0.717, 1.165) is 18.2 Å². The summed E-state index contributed by atoms with van der Waals surface area (Å²) < 4.78 is 25.6. The average Bonchev–Trinajstić information content (AvgIpc) is 1.99. The minimum Gasteiger partial charge on any atom is -0.387 e. The van der Waals surface area contributed by atoms with Crippen molar-refractivity contribution in [2.24, 2.45) is 16.1 Å². The zero-order valence-electron chi connectivity index (χ0n) is 9.01. The summed E-state index contributed by atoms with van der Waals surface area (Å²) in [6.07, 6.45) is 0. The number of amidine groups is 1. The second kappa shape index (κ2) is 3.96. The van der Waals surface area contributed by atoms with E-state index in [1.807, 2.05) is 20.8 Å². The lowest BCUT2D eigenvalue weighted by Crippen LogP contribution is -2.28. The summed E-state index contributed by atoms with van der Waals surface area (Å²) in [5.41, 5.74) is 5.57. The summed E-state index contributed by atoms with van der Waals surface area (Å²) in [7, 11) is 0. The van der Waals surface area contributed by atoms with Crippen LogP contribution in [0, 0.1) is 17.0 Å². The molecule has 0 saturated heterocycles. The maximum absolute atomic E-state index is 12.8. The van der Waals surface area contributed by atoms with Crippen molar-refractivity contribution in [1.82, 2.24) is 0 Å². The van der Waals surface area contributed by atoms with Gasteiger partial charge in [0.15, 0.2) is 0 Å². The van der Waals surface area contributed by atoms with Crippen molar-refractivity contribution >= 4 is 11.5 Å². The van der Waals surface area contributed by atoms with Crippen molar-refractivity contribution < 1.29 is 8.78 Å². The Morgan fingerprint density at radius 3 is 2.00 bits per heavy atom. The van der Waals surface area contributed by atoms with E-state index in [0.29, 0.717) is 5.84 Å². The number of aliphatic imine (C=N–C) groups is 1. The van der Waals surface area contributed by atoms with Crippen molar-refractivity contribution in [3.63, 3.8) is 0 Å². The lowest BCUT2D eigenvalue weighted by Gasteiger charge is -2.17. The van der Waals surface area contributed by atoms with Gasteiger partial charge < -0.3 is 5.73 Å². The number of hydrogen-bond acceptors (Lipinski definition) is 1. The summed E-state index contributed by atoms with van der Waals surface area (Å²) >= 11 is 0. The fourth-order valence-corrected chi connectivity index (χ4v) is 0.911. The van der Waals surface area contributed by atoms with Gasteiger partial charge in [-0.25, -0.2) is 13.8 Å². The molecule has 4 heteroatoms. The van der Waals surface area contributed by atoms with E-state index in [1.54, 1.807) is 0 Å². The maximum atomic E-state index is 12.8. The molecule has 0 heterocycles. The zero-order valence-corrected chi connectivity index (χ0v) is 9.01. The van der Waals surface area contributed by atoms with Crippen LogP contribution in [0.3, 0.4) is 0 Å². The molecule has 0 aromatic heterocycles. The molecule has 1 rings (SSSR count). The van der Waals surface area contributed by atoms with Gasteiger partial charge in [0, 0.05) is 11.5 Å². The monoisotopic (exact) mass is 212 g/mol. The molecular weight excluding hydrogens is 198 g/mol. The van der Waals surface area contributed by atoms with E-state index < -0.39 is 11.6 Å². The number of nitrogens with zero attached hydrogens (tertiary/aromatic N) is 1. The molecule has 0 atom stereocenters. The van der Waals surface area contributed by atoms with E-state index in [1.165, 1.54) is 0 Å². The standard InChI is InChI=1S/C11H14F2N2/c1-11(2,3)10(14)15-9-5-7(12)4-8(13)6-9/h4-6H,1-3H3,(H2,14,15). The van der Waals surface area contributed by atoms with Gasteiger partial charge in [-0.15, -0.1) is 0 Å². The third-order valence-corrected chi connectivity index (χ3v) is 1.87. The Kier molecular flexibility index (Phi) is 3.07. The molecule has 0 amide bonds. The third kappa shape index (κ3) is 3.31. The Morgan fingerprint density at radius 1 is 1.13 bits per heavy atom. The molecular formula is C11H14F2N2. The highest BCUT2D eigenvalue weighted by atomic mass is 19.1. The van der Waals surface area contributed by atoms with Crippen molar-refractivity contribution in [2.75, 3.05) is 0 Å². The summed E-state index contributed by atoms with van der Waals surface area (Å²) in [6, 6.07) is 3.08. The first-order valence-electron chi connectivity index (χ1n) is 4.60. The molecule has 0 unspecified atom stereocenters. The molecule has 2 N–H and O–H groups in total. The van der Waals surface area contributed by atoms with Crippen LogP contribution in [0.5, 0.6) is 0 Å². The number of hydrogen-bond donors (Lipinski definition) is 1. The molecule has 0 saturated carbocycles. The molecule has 15 heavy (non-hydrogen) atoms. The highest BCUT2D eigenvalue weighted by Gasteiger charge is 2.15. The van der Waals surface area contributed by atoms with Crippen LogP contribution in [0.4, 0.5) is 14.5 Å². The van der Waals surface area contributed by atoms with Crippen LogP contribution in [0.25, 0.3) is 0 Å². The van der Waals surface area contributed by atoms with Crippen LogP contribution in [0.2, 0.25) is 0 Å². The molecule has 0 aliphatic carbocycles. The first-order valence-corrected chi connectivity index (χ1v) is 4.60. The van der Waals surface area contributed by atoms with E-state index in [4.69, 9.17) is 5.73 Å². The number of rotatable bonds is 1. The van der Waals surface area contributed by atoms with E-state index >= 15 is 0 Å². The molecule has 2 nitrogen and oxygen atoms in total. The van der Waals surface area contributed by atoms with Crippen molar-refractivity contribution in [2.45, 2.75) is 20.8 Å². The van der Waals surface area contributed by atoms with Crippen molar-refractivity contribution in [1.29, 1.82) is 0 Å². The van der Waals surface area contributed by atoms with Crippen molar-refractivity contribution in [3.05, 3.63) is 29.8 Å². The van der Waals surface area contributed by atoms with Gasteiger partial charge in [-0.2, -0.15) is 0 Å². The topological polar surface area (TPSA) is 38.4 Å². The molecule has 0 aliphatic heterocycles. The van der Waals surface area contributed by atoms with E-state index in [-0.39, 0.29) is 11.1 Å². The van der Waals surface area contributed by atoms with Gasteiger partial charge in [0.05, 0.1) is 5.69 Å². The lowest BCUT2D eigenvalue weighted by atomic mass is 9.95. The molecule has 0 spiro atoms. The number of benzene rings is 1. The zero-order chi connectivity index (χ0) is 11.6. The van der Waals surface area contributed by atoms with Gasteiger partial charge in [0.1, 0.15) is 17.5 Å². The Morgan fingerprint density at radius 2 is 1.60 bits per heavy atom. The molecule has 0 bridgehead atoms. The van der Waals surface area contributed by atoms with Gasteiger partial charge in [-0.3, -0.25) is 0 Å². The quantitative estimate of drug-likeness (QED) is 0.564. The highest BCUT2D eigenvalue weighted by Crippen LogP contribution is 2.20. The number of nitrogens with two attached hydrogens (primary N) is 1. The molecule has 0 radical (unpaired) electrons. The van der Waals surface area contributed by atoms with Crippen molar-refractivity contribution in [3.8, 4) is 0 Å². The Bertz CT molecular complexity index is 372. The highest BCUT2D eigenvalue weighted by molar-refractivity contribution is 5.87. The first kappa shape index (κ1) is 11.6. The summed E-state index contributed by atoms with van der Waals surface area (Å²) in [6.45, 7) is 5.63. The largest absolute Gasteiger partial charge is 0.387 e. The van der Waals surface area contributed by atoms with Crippen LogP contribution in [0.1, 0.15) is 20.8 Å². The third-order valence-electron chi connectivity index (χ3n) is 1.87.